The van der Waals surface area contributed by atoms with Crippen molar-refractivity contribution < 1.29 is 13.2 Å². The van der Waals surface area contributed by atoms with Crippen LogP contribution in [0.5, 0.6) is 0 Å². The van der Waals surface area contributed by atoms with Crippen LogP contribution in [0.2, 0.25) is 0 Å². The van der Waals surface area contributed by atoms with E-state index in [4.69, 9.17) is 12.2 Å². The second-order valence-corrected chi connectivity index (χ2v) is 6.32. The van der Waals surface area contributed by atoms with Crippen LogP contribution in [0.3, 0.4) is 0 Å². The number of benzene rings is 1. The number of aromatic amines is 1. The molecular formula is C13H10F3N3S2. The maximum absolute atomic E-state index is 12.7. The molecule has 0 aliphatic heterocycles. The van der Waals surface area contributed by atoms with Crippen molar-refractivity contribution in [1.82, 2.24) is 14.5 Å². The number of thiazole rings is 1. The number of hydrogen-bond donors (Lipinski definition) is 1. The average molecular weight is 329 g/mol. The summed E-state index contributed by atoms with van der Waals surface area (Å²) in [6.45, 7) is 2.40. The van der Waals surface area contributed by atoms with Gasteiger partial charge < -0.3 is 9.55 Å². The van der Waals surface area contributed by atoms with E-state index in [9.17, 15) is 13.2 Å². The lowest BCUT2D eigenvalue weighted by Crippen LogP contribution is -2.04. The molecule has 110 valence electrons. The van der Waals surface area contributed by atoms with E-state index in [1.165, 1.54) is 17.4 Å². The highest BCUT2D eigenvalue weighted by molar-refractivity contribution is 7.71. The van der Waals surface area contributed by atoms with Crippen molar-refractivity contribution in [3.8, 4) is 0 Å². The van der Waals surface area contributed by atoms with E-state index in [1.807, 2.05) is 6.92 Å². The minimum absolute atomic E-state index is 0.378. The maximum Gasteiger partial charge on any atom is 0.416 e. The van der Waals surface area contributed by atoms with Crippen LogP contribution >= 0.6 is 23.6 Å². The summed E-state index contributed by atoms with van der Waals surface area (Å²) < 4.78 is 40.3. The van der Waals surface area contributed by atoms with Gasteiger partial charge in [-0.25, -0.2) is 4.98 Å². The Balaban J connectivity index is 2.07. The summed E-state index contributed by atoms with van der Waals surface area (Å²) in [7, 11) is 0. The van der Waals surface area contributed by atoms with Gasteiger partial charge in [-0.2, -0.15) is 13.2 Å². The topological polar surface area (TPSA) is 33.6 Å². The number of aromatic nitrogens is 3. The first-order valence-corrected chi connectivity index (χ1v) is 7.28. The Morgan fingerprint density at radius 2 is 2.14 bits per heavy atom. The SMILES string of the molecule is Cc1cnc(Cn2c(=S)[nH]c3cc(C(F)(F)F)ccc32)s1. The fourth-order valence-electron chi connectivity index (χ4n) is 2.11. The maximum atomic E-state index is 12.7. The smallest absolute Gasteiger partial charge is 0.331 e. The standard InChI is InChI=1S/C13H10F3N3S2/c1-7-5-17-11(21-7)6-19-10-3-2-8(13(14,15)16)4-9(10)18-12(19)20/h2-5H,6H2,1H3,(H,18,20). The molecule has 0 fully saturated rings. The van der Waals surface area contributed by atoms with E-state index in [0.29, 0.717) is 22.3 Å². The van der Waals surface area contributed by atoms with Crippen molar-refractivity contribution in [3.63, 3.8) is 0 Å². The number of fused-ring (bicyclic) bond motifs is 1. The fraction of sp³-hybridized carbons (Fsp3) is 0.231. The van der Waals surface area contributed by atoms with Gasteiger partial charge in [0.1, 0.15) is 5.01 Å². The van der Waals surface area contributed by atoms with E-state index >= 15 is 0 Å². The summed E-state index contributed by atoms with van der Waals surface area (Å²) in [5, 5.41) is 0.865. The molecule has 0 amide bonds. The van der Waals surface area contributed by atoms with Crippen molar-refractivity contribution in [2.24, 2.45) is 0 Å². The van der Waals surface area contributed by atoms with Crippen LogP contribution in [0.1, 0.15) is 15.4 Å². The fourth-order valence-corrected chi connectivity index (χ4v) is 3.16. The van der Waals surface area contributed by atoms with Gasteiger partial charge in [-0.15, -0.1) is 11.3 Å². The second-order valence-electron chi connectivity index (χ2n) is 4.61. The molecule has 3 nitrogen and oxygen atoms in total. The van der Waals surface area contributed by atoms with Gasteiger partial charge in [0.05, 0.1) is 23.1 Å². The Bertz CT molecular complexity index is 858. The summed E-state index contributed by atoms with van der Waals surface area (Å²) in [5.41, 5.74) is 0.326. The second kappa shape index (κ2) is 4.96. The van der Waals surface area contributed by atoms with Crippen molar-refractivity contribution in [2.75, 3.05) is 0 Å². The number of nitrogens with one attached hydrogen (secondary N) is 1. The average Bonchev–Trinajstić information content (AvgIpc) is 2.93. The molecule has 0 atom stereocenters. The normalized spacial score (nSPS) is 12.2. The summed E-state index contributed by atoms with van der Waals surface area (Å²) in [4.78, 5) is 8.15. The summed E-state index contributed by atoms with van der Waals surface area (Å²) in [6, 6.07) is 3.58. The van der Waals surface area contributed by atoms with Gasteiger partial charge in [-0.1, -0.05) is 0 Å². The molecule has 0 aliphatic rings. The van der Waals surface area contributed by atoms with Gasteiger partial charge in [-0.05, 0) is 37.3 Å². The van der Waals surface area contributed by atoms with E-state index in [-0.39, 0.29) is 0 Å². The van der Waals surface area contributed by atoms with Gasteiger partial charge >= 0.3 is 6.18 Å². The number of H-pyrrole nitrogens is 1. The quantitative estimate of drug-likeness (QED) is 0.701. The largest absolute Gasteiger partial charge is 0.416 e. The lowest BCUT2D eigenvalue weighted by molar-refractivity contribution is -0.137. The Morgan fingerprint density at radius 1 is 1.38 bits per heavy atom. The predicted octanol–water partition coefficient (Wildman–Crippen LogP) is 4.53. The molecule has 0 radical (unpaired) electrons. The molecule has 2 aromatic heterocycles. The molecule has 21 heavy (non-hydrogen) atoms. The van der Waals surface area contributed by atoms with Crippen LogP contribution in [0.15, 0.2) is 24.4 Å². The van der Waals surface area contributed by atoms with E-state index in [0.717, 1.165) is 22.0 Å². The molecule has 3 aromatic rings. The number of alkyl halides is 3. The molecule has 8 heteroatoms. The zero-order valence-corrected chi connectivity index (χ0v) is 12.5. The molecule has 0 saturated carbocycles. The highest BCUT2D eigenvalue weighted by Crippen LogP contribution is 2.31. The number of rotatable bonds is 2. The number of aryl methyl sites for hydroxylation is 1. The first kappa shape index (κ1) is 14.3. The molecule has 0 bridgehead atoms. The van der Waals surface area contributed by atoms with Crippen LogP contribution < -0.4 is 0 Å². The lowest BCUT2D eigenvalue weighted by atomic mass is 10.2. The molecule has 0 saturated heterocycles. The van der Waals surface area contributed by atoms with Crippen molar-refractivity contribution in [1.29, 1.82) is 0 Å². The zero-order chi connectivity index (χ0) is 15.2. The van der Waals surface area contributed by atoms with Crippen LogP contribution in [-0.4, -0.2) is 14.5 Å². The third-order valence-electron chi connectivity index (χ3n) is 3.06. The van der Waals surface area contributed by atoms with Gasteiger partial charge in [-0.3, -0.25) is 0 Å². The van der Waals surface area contributed by atoms with Crippen LogP contribution in [-0.2, 0) is 12.7 Å². The third-order valence-corrected chi connectivity index (χ3v) is 4.28. The molecule has 0 unspecified atom stereocenters. The Kier molecular flexibility index (Phi) is 3.37. The van der Waals surface area contributed by atoms with Gasteiger partial charge in [0.25, 0.3) is 0 Å². The van der Waals surface area contributed by atoms with E-state index in [2.05, 4.69) is 9.97 Å². The molecule has 0 aliphatic carbocycles. The van der Waals surface area contributed by atoms with Crippen molar-refractivity contribution in [3.05, 3.63) is 44.6 Å². The monoisotopic (exact) mass is 329 g/mol. The highest BCUT2D eigenvalue weighted by Gasteiger charge is 2.30. The molecule has 3 rings (SSSR count). The third kappa shape index (κ3) is 2.73. The van der Waals surface area contributed by atoms with Crippen LogP contribution in [0.4, 0.5) is 13.2 Å². The minimum Gasteiger partial charge on any atom is -0.331 e. The first-order chi connectivity index (χ1) is 9.84. The molecule has 2 heterocycles. The number of halogens is 3. The molecular weight excluding hydrogens is 319 g/mol. The summed E-state index contributed by atoms with van der Waals surface area (Å²) in [6.07, 6.45) is -2.60. The molecule has 0 spiro atoms. The highest BCUT2D eigenvalue weighted by atomic mass is 32.1. The van der Waals surface area contributed by atoms with Crippen molar-refractivity contribution >= 4 is 34.6 Å². The predicted molar refractivity (Wildman–Crippen MR) is 78.1 cm³/mol. The first-order valence-electron chi connectivity index (χ1n) is 6.05. The van der Waals surface area contributed by atoms with Gasteiger partial charge in [0, 0.05) is 11.1 Å². The van der Waals surface area contributed by atoms with Crippen LogP contribution in [0.25, 0.3) is 11.0 Å². The van der Waals surface area contributed by atoms with Crippen LogP contribution in [0, 0.1) is 11.7 Å². The van der Waals surface area contributed by atoms with Crippen molar-refractivity contribution in [2.45, 2.75) is 19.6 Å². The number of imidazole rings is 1. The molecule has 1 aromatic carbocycles. The van der Waals surface area contributed by atoms with Gasteiger partial charge in [0.15, 0.2) is 4.77 Å². The summed E-state index contributed by atoms with van der Waals surface area (Å²) >= 11 is 6.74. The van der Waals surface area contributed by atoms with E-state index in [1.54, 1.807) is 10.8 Å². The number of nitrogens with zero attached hydrogens (tertiary/aromatic N) is 2. The Hall–Kier alpha value is -1.67. The zero-order valence-electron chi connectivity index (χ0n) is 10.9. The minimum atomic E-state index is -4.36. The Labute approximate surface area is 127 Å². The van der Waals surface area contributed by atoms with Gasteiger partial charge in [0.2, 0.25) is 0 Å². The number of hydrogen-bond acceptors (Lipinski definition) is 3. The molecule has 1 N–H and O–H groups in total. The Morgan fingerprint density at radius 3 is 2.76 bits per heavy atom. The summed E-state index contributed by atoms with van der Waals surface area (Å²) in [5.74, 6) is 0. The lowest BCUT2D eigenvalue weighted by Gasteiger charge is -2.06. The van der Waals surface area contributed by atoms with E-state index < -0.39 is 11.7 Å².